The number of hydrogen-bond acceptors (Lipinski definition) is 7. The third-order valence-corrected chi connectivity index (χ3v) is 5.82. The summed E-state index contributed by atoms with van der Waals surface area (Å²) in [4.78, 5) is 22.4. The van der Waals surface area contributed by atoms with Gasteiger partial charge >= 0.3 is 5.97 Å². The summed E-state index contributed by atoms with van der Waals surface area (Å²) in [5.74, 6) is -0.0240. The summed E-state index contributed by atoms with van der Waals surface area (Å²) in [5, 5.41) is 15.8. The molecule has 0 saturated carbocycles. The van der Waals surface area contributed by atoms with Crippen LogP contribution in [-0.4, -0.2) is 27.1 Å². The average Bonchev–Trinajstić information content (AvgIpc) is 3.28. The van der Waals surface area contributed by atoms with Gasteiger partial charge < -0.3 is 4.74 Å². The van der Waals surface area contributed by atoms with E-state index in [0.29, 0.717) is 24.3 Å². The van der Waals surface area contributed by atoms with Gasteiger partial charge in [0.05, 0.1) is 17.7 Å². The van der Waals surface area contributed by atoms with Crippen molar-refractivity contribution in [3.8, 4) is 6.07 Å². The van der Waals surface area contributed by atoms with E-state index < -0.39 is 11.1 Å². The number of aromatic nitrogens is 2. The number of thiazole rings is 1. The lowest BCUT2D eigenvalue weighted by Gasteiger charge is -2.33. The molecule has 7 heteroatoms. The van der Waals surface area contributed by atoms with Crippen LogP contribution in [0.1, 0.15) is 75.7 Å². The minimum absolute atomic E-state index is 0.0827. The maximum absolute atomic E-state index is 13.4. The van der Waals surface area contributed by atoms with Crippen molar-refractivity contribution in [2.45, 2.75) is 70.6 Å². The van der Waals surface area contributed by atoms with Gasteiger partial charge in [0, 0.05) is 29.4 Å². The zero-order chi connectivity index (χ0) is 21.2. The van der Waals surface area contributed by atoms with Crippen molar-refractivity contribution in [1.82, 2.24) is 15.3 Å². The van der Waals surface area contributed by atoms with Gasteiger partial charge in [0.25, 0.3) is 0 Å². The van der Waals surface area contributed by atoms with Gasteiger partial charge in [-0.3, -0.25) is 15.1 Å². The maximum Gasteiger partial charge on any atom is 0.326 e. The van der Waals surface area contributed by atoms with Crippen LogP contribution >= 0.6 is 11.3 Å². The molecule has 3 heterocycles. The number of nitrogens with one attached hydrogen (secondary N) is 1. The van der Waals surface area contributed by atoms with E-state index in [0.717, 1.165) is 10.7 Å². The van der Waals surface area contributed by atoms with Gasteiger partial charge in [-0.25, -0.2) is 4.98 Å². The molecule has 1 N–H and O–H groups in total. The fourth-order valence-electron chi connectivity index (χ4n) is 4.01. The van der Waals surface area contributed by atoms with Crippen molar-refractivity contribution in [1.29, 1.82) is 5.26 Å². The van der Waals surface area contributed by atoms with E-state index in [4.69, 9.17) is 4.74 Å². The fourth-order valence-corrected chi connectivity index (χ4v) is 4.76. The van der Waals surface area contributed by atoms with Crippen LogP contribution in [0.2, 0.25) is 0 Å². The molecule has 1 fully saturated rings. The Morgan fingerprint density at radius 1 is 1.41 bits per heavy atom. The van der Waals surface area contributed by atoms with Crippen LogP contribution in [0.3, 0.4) is 0 Å². The van der Waals surface area contributed by atoms with Crippen molar-refractivity contribution in [2.75, 3.05) is 0 Å². The standard InChI is InChI=1S/C22H28N4O2S/c1-14(2)11-22(20(27)28-21(3,4)5)12-16(17-10-15(13-23)6-7-24-17)18(26-22)19-25-8-9-29-19/h6-10,14,16,18,26H,11-12H2,1-5H3/t16-,18?,22+/m1/s1. The molecule has 29 heavy (non-hydrogen) atoms. The van der Waals surface area contributed by atoms with Gasteiger partial charge in [-0.05, 0) is 51.7 Å². The summed E-state index contributed by atoms with van der Waals surface area (Å²) in [7, 11) is 0. The molecule has 0 radical (unpaired) electrons. The quantitative estimate of drug-likeness (QED) is 0.735. The molecule has 1 unspecified atom stereocenters. The molecule has 0 bridgehead atoms. The number of ether oxygens (including phenoxy) is 1. The van der Waals surface area contributed by atoms with Gasteiger partial charge in [-0.1, -0.05) is 13.8 Å². The van der Waals surface area contributed by atoms with Gasteiger partial charge in [-0.15, -0.1) is 11.3 Å². The molecule has 1 aliphatic heterocycles. The van der Waals surface area contributed by atoms with Gasteiger partial charge in [0.1, 0.15) is 16.1 Å². The zero-order valence-corrected chi connectivity index (χ0v) is 18.4. The topological polar surface area (TPSA) is 87.9 Å². The molecule has 3 rings (SSSR count). The highest BCUT2D eigenvalue weighted by atomic mass is 32.1. The predicted molar refractivity (Wildman–Crippen MR) is 112 cm³/mol. The molecule has 1 saturated heterocycles. The molecule has 0 aliphatic carbocycles. The molecule has 6 nitrogen and oxygen atoms in total. The van der Waals surface area contributed by atoms with E-state index in [2.05, 4.69) is 35.2 Å². The third-order valence-electron chi connectivity index (χ3n) is 4.96. The number of carbonyl (C=O) groups is 1. The number of carbonyl (C=O) groups excluding carboxylic acids is 1. The molecule has 2 aromatic rings. The SMILES string of the molecule is CC(C)C[C@@]1(C(=O)OC(C)(C)C)C[C@H](c2cc(C#N)ccn2)C(c2nccs2)N1. The Morgan fingerprint density at radius 3 is 2.76 bits per heavy atom. The Bertz CT molecular complexity index is 898. The molecule has 2 aromatic heterocycles. The number of hydrogen-bond donors (Lipinski definition) is 1. The van der Waals surface area contributed by atoms with Crippen molar-refractivity contribution in [3.63, 3.8) is 0 Å². The first-order chi connectivity index (χ1) is 13.6. The Balaban J connectivity index is 2.04. The second-order valence-electron chi connectivity index (χ2n) is 9.07. The van der Waals surface area contributed by atoms with Gasteiger partial charge in [0.2, 0.25) is 0 Å². The minimum atomic E-state index is -0.827. The number of nitriles is 1. The molecule has 3 atom stereocenters. The molecule has 0 aromatic carbocycles. The monoisotopic (exact) mass is 412 g/mol. The van der Waals surface area contributed by atoms with Crippen LogP contribution < -0.4 is 5.32 Å². The van der Waals surface area contributed by atoms with Crippen molar-refractivity contribution in [2.24, 2.45) is 5.92 Å². The van der Waals surface area contributed by atoms with E-state index >= 15 is 0 Å². The first kappa shape index (κ1) is 21.4. The second-order valence-corrected chi connectivity index (χ2v) is 9.99. The Morgan fingerprint density at radius 2 is 2.17 bits per heavy atom. The summed E-state index contributed by atoms with van der Waals surface area (Å²) < 4.78 is 5.83. The third kappa shape index (κ3) is 4.82. The van der Waals surface area contributed by atoms with Crippen LogP contribution in [0.25, 0.3) is 0 Å². The molecule has 0 amide bonds. The molecule has 154 valence electrons. The van der Waals surface area contributed by atoms with Crippen LogP contribution in [0.5, 0.6) is 0 Å². The highest BCUT2D eigenvalue weighted by Crippen LogP contribution is 2.47. The number of pyridine rings is 1. The fraction of sp³-hybridized carbons (Fsp3) is 0.545. The smallest absolute Gasteiger partial charge is 0.326 e. The maximum atomic E-state index is 13.4. The van der Waals surface area contributed by atoms with E-state index in [1.54, 1.807) is 29.8 Å². The molecular formula is C22H28N4O2S. The number of nitrogens with zero attached hydrogens (tertiary/aromatic N) is 3. The van der Waals surface area contributed by atoms with E-state index in [1.165, 1.54) is 0 Å². The lowest BCUT2D eigenvalue weighted by Crippen LogP contribution is -2.52. The summed E-state index contributed by atoms with van der Waals surface area (Å²) in [6.07, 6.45) is 4.63. The highest BCUT2D eigenvalue weighted by molar-refractivity contribution is 7.09. The molecule has 1 aliphatic rings. The first-order valence-electron chi connectivity index (χ1n) is 9.90. The van der Waals surface area contributed by atoms with Gasteiger partial charge in [-0.2, -0.15) is 5.26 Å². The average molecular weight is 413 g/mol. The normalized spacial score (nSPS) is 24.4. The lowest BCUT2D eigenvalue weighted by molar-refractivity contribution is -0.163. The predicted octanol–water partition coefficient (Wildman–Crippen LogP) is 4.35. The summed E-state index contributed by atoms with van der Waals surface area (Å²) in [6, 6.07) is 5.52. The minimum Gasteiger partial charge on any atom is -0.459 e. The van der Waals surface area contributed by atoms with Crippen LogP contribution in [0, 0.1) is 17.2 Å². The number of rotatable bonds is 5. The Kier molecular flexibility index (Phi) is 6.06. The van der Waals surface area contributed by atoms with Crippen molar-refractivity contribution < 1.29 is 9.53 Å². The Labute approximate surface area is 176 Å². The van der Waals surface area contributed by atoms with Crippen molar-refractivity contribution >= 4 is 17.3 Å². The van der Waals surface area contributed by atoms with E-state index in [1.807, 2.05) is 32.2 Å². The van der Waals surface area contributed by atoms with Crippen LogP contribution in [0.15, 0.2) is 29.9 Å². The molecule has 0 spiro atoms. The largest absolute Gasteiger partial charge is 0.459 e. The summed E-state index contributed by atoms with van der Waals surface area (Å²) in [5.41, 5.74) is -0.0408. The Hall–Kier alpha value is -2.30. The van der Waals surface area contributed by atoms with Crippen molar-refractivity contribution in [3.05, 3.63) is 46.2 Å². The van der Waals surface area contributed by atoms with E-state index in [-0.39, 0.29) is 17.9 Å². The number of esters is 1. The highest BCUT2D eigenvalue weighted by Gasteiger charge is 2.53. The van der Waals surface area contributed by atoms with Crippen LogP contribution in [0.4, 0.5) is 0 Å². The zero-order valence-electron chi connectivity index (χ0n) is 17.6. The van der Waals surface area contributed by atoms with Gasteiger partial charge in [0.15, 0.2) is 0 Å². The van der Waals surface area contributed by atoms with Crippen LogP contribution in [-0.2, 0) is 9.53 Å². The second kappa shape index (κ2) is 8.21. The molecular weight excluding hydrogens is 384 g/mol. The van der Waals surface area contributed by atoms with E-state index in [9.17, 15) is 10.1 Å². The summed E-state index contributed by atoms with van der Waals surface area (Å²) in [6.45, 7) is 9.87. The lowest BCUT2D eigenvalue weighted by atomic mass is 9.83. The summed E-state index contributed by atoms with van der Waals surface area (Å²) >= 11 is 1.55. The first-order valence-corrected chi connectivity index (χ1v) is 10.8.